The molecular weight excluding hydrogens is 525 g/mol. The van der Waals surface area contributed by atoms with E-state index in [1.807, 2.05) is 51.1 Å². The number of hydrogen-bond acceptors (Lipinski definition) is 5. The molecule has 1 saturated heterocycles. The summed E-state index contributed by atoms with van der Waals surface area (Å²) in [6.07, 6.45) is 0.795. The van der Waals surface area contributed by atoms with E-state index in [0.29, 0.717) is 22.9 Å². The summed E-state index contributed by atoms with van der Waals surface area (Å²) in [6.45, 7) is 8.10. The molecule has 0 radical (unpaired) electrons. The van der Waals surface area contributed by atoms with Crippen molar-refractivity contribution in [3.63, 3.8) is 0 Å². The molecule has 0 spiro atoms. The molecule has 38 heavy (non-hydrogen) atoms. The van der Waals surface area contributed by atoms with Crippen LogP contribution in [-0.2, 0) is 19.7 Å². The van der Waals surface area contributed by atoms with Crippen molar-refractivity contribution in [2.24, 2.45) is 5.41 Å². The first-order valence-electron chi connectivity index (χ1n) is 12.6. The molecule has 0 N–H and O–H groups in total. The van der Waals surface area contributed by atoms with Crippen LogP contribution in [0.5, 0.6) is 0 Å². The zero-order chi connectivity index (χ0) is 28.1. The molecule has 7 nitrogen and oxygen atoms in total. The molecule has 2 aromatic rings. The van der Waals surface area contributed by atoms with Crippen molar-refractivity contribution in [3.8, 4) is 6.07 Å². The number of halogens is 2. The van der Waals surface area contributed by atoms with E-state index in [4.69, 9.17) is 27.9 Å². The minimum atomic E-state index is -1.16. The van der Waals surface area contributed by atoms with Gasteiger partial charge < -0.3 is 9.64 Å². The van der Waals surface area contributed by atoms with Gasteiger partial charge in [-0.05, 0) is 54.2 Å². The van der Waals surface area contributed by atoms with Crippen LogP contribution in [0.2, 0.25) is 10.0 Å². The van der Waals surface area contributed by atoms with Crippen LogP contribution >= 0.6 is 23.2 Å². The molecule has 202 valence electrons. The maximum absolute atomic E-state index is 13.9. The normalized spacial score (nSPS) is 21.0. The van der Waals surface area contributed by atoms with Crippen molar-refractivity contribution in [1.82, 2.24) is 9.80 Å². The van der Waals surface area contributed by atoms with E-state index in [9.17, 15) is 19.6 Å². The van der Waals surface area contributed by atoms with Crippen molar-refractivity contribution >= 4 is 41.6 Å². The Morgan fingerprint density at radius 3 is 2.42 bits per heavy atom. The first kappa shape index (κ1) is 29.5. The van der Waals surface area contributed by atoms with E-state index < -0.39 is 29.4 Å². The van der Waals surface area contributed by atoms with Crippen LogP contribution in [0.1, 0.15) is 57.6 Å². The van der Waals surface area contributed by atoms with Gasteiger partial charge in [-0.1, -0.05) is 68.2 Å². The number of nitrogens with zero attached hydrogens (tertiary/aromatic N) is 3. The molecule has 1 heterocycles. The van der Waals surface area contributed by atoms with Crippen LogP contribution in [0.4, 0.5) is 4.79 Å². The quantitative estimate of drug-likeness (QED) is 0.285. The van der Waals surface area contributed by atoms with Crippen LogP contribution in [0.3, 0.4) is 0 Å². The molecule has 1 aliphatic rings. The summed E-state index contributed by atoms with van der Waals surface area (Å²) in [7, 11) is 0. The standard InChI is InChI=1S/C29H33Cl2N3O4/c1-5-38-26(36)13-14-33(19-35)27(37)34-17-24(20-7-6-8-23(31)15-20)29(18-32,25(34)16-28(2,3)4)21-9-11-22(30)12-10-21/h6-12,15,19,24-25H,5,13-14,16-17H2,1-4H3. The number of benzene rings is 2. The van der Waals surface area contributed by atoms with Crippen molar-refractivity contribution in [1.29, 1.82) is 5.26 Å². The monoisotopic (exact) mass is 557 g/mol. The van der Waals surface area contributed by atoms with E-state index >= 15 is 0 Å². The molecule has 3 unspecified atom stereocenters. The van der Waals surface area contributed by atoms with Gasteiger partial charge in [0.15, 0.2) is 0 Å². The fourth-order valence-corrected chi connectivity index (χ4v) is 5.56. The van der Waals surface area contributed by atoms with Gasteiger partial charge in [0.25, 0.3) is 0 Å². The van der Waals surface area contributed by atoms with Crippen LogP contribution < -0.4 is 0 Å². The molecule has 2 aromatic carbocycles. The van der Waals surface area contributed by atoms with Crippen molar-refractivity contribution in [2.45, 2.75) is 57.9 Å². The maximum Gasteiger partial charge on any atom is 0.326 e. The molecule has 3 atom stereocenters. The Hall–Kier alpha value is -3.08. The Morgan fingerprint density at radius 1 is 1.18 bits per heavy atom. The Balaban J connectivity index is 2.16. The summed E-state index contributed by atoms with van der Waals surface area (Å²) in [4.78, 5) is 40.4. The summed E-state index contributed by atoms with van der Waals surface area (Å²) >= 11 is 12.6. The molecule has 0 aliphatic carbocycles. The topological polar surface area (TPSA) is 90.7 Å². The van der Waals surface area contributed by atoms with Gasteiger partial charge in [0.05, 0.1) is 25.1 Å². The predicted octanol–water partition coefficient (Wildman–Crippen LogP) is 6.19. The van der Waals surface area contributed by atoms with Crippen LogP contribution in [0.15, 0.2) is 48.5 Å². The molecular formula is C29H33Cl2N3O4. The number of ether oxygens (including phenoxy) is 1. The van der Waals surface area contributed by atoms with Crippen LogP contribution in [0.25, 0.3) is 0 Å². The highest BCUT2D eigenvalue weighted by Gasteiger charge is 2.58. The zero-order valence-electron chi connectivity index (χ0n) is 22.1. The van der Waals surface area contributed by atoms with E-state index in [-0.39, 0.29) is 31.5 Å². The highest BCUT2D eigenvalue weighted by molar-refractivity contribution is 6.30. The number of urea groups is 1. The van der Waals surface area contributed by atoms with Gasteiger partial charge in [-0.2, -0.15) is 5.26 Å². The summed E-state index contributed by atoms with van der Waals surface area (Å²) in [6, 6.07) is 15.9. The van der Waals surface area contributed by atoms with Gasteiger partial charge in [-0.25, -0.2) is 4.79 Å². The largest absolute Gasteiger partial charge is 0.466 e. The molecule has 0 aromatic heterocycles. The number of carbonyl (C=O) groups excluding carboxylic acids is 3. The van der Waals surface area contributed by atoms with Crippen molar-refractivity contribution in [3.05, 3.63) is 69.7 Å². The molecule has 1 fully saturated rings. The zero-order valence-corrected chi connectivity index (χ0v) is 23.6. The first-order valence-corrected chi connectivity index (χ1v) is 13.3. The molecule has 1 aliphatic heterocycles. The second-order valence-corrected chi connectivity index (χ2v) is 11.5. The average molecular weight is 559 g/mol. The van der Waals surface area contributed by atoms with E-state index in [2.05, 4.69) is 6.07 Å². The predicted molar refractivity (Wildman–Crippen MR) is 147 cm³/mol. The van der Waals surface area contributed by atoms with Crippen molar-refractivity contribution < 1.29 is 19.1 Å². The van der Waals surface area contributed by atoms with E-state index in [1.165, 1.54) is 0 Å². The Bertz CT molecular complexity index is 1210. The third-order valence-electron chi connectivity index (χ3n) is 6.88. The summed E-state index contributed by atoms with van der Waals surface area (Å²) < 4.78 is 4.96. The number of esters is 1. The third kappa shape index (κ3) is 6.31. The smallest absolute Gasteiger partial charge is 0.326 e. The molecule has 3 amide bonds. The lowest BCUT2D eigenvalue weighted by Crippen LogP contribution is -2.51. The number of carbonyl (C=O) groups is 3. The number of imide groups is 1. The number of nitriles is 1. The van der Waals surface area contributed by atoms with Gasteiger partial charge in [-0.15, -0.1) is 0 Å². The lowest BCUT2D eigenvalue weighted by molar-refractivity contribution is -0.143. The van der Waals surface area contributed by atoms with Gasteiger partial charge in [0, 0.05) is 29.1 Å². The van der Waals surface area contributed by atoms with E-state index in [0.717, 1.165) is 16.0 Å². The van der Waals surface area contributed by atoms with Crippen molar-refractivity contribution in [2.75, 3.05) is 19.7 Å². The fourth-order valence-electron chi connectivity index (χ4n) is 5.24. The minimum absolute atomic E-state index is 0.117. The fraction of sp³-hybridized carbons (Fsp3) is 0.448. The van der Waals surface area contributed by atoms with Gasteiger partial charge >= 0.3 is 12.0 Å². The second kappa shape index (κ2) is 12.2. The summed E-state index contributed by atoms with van der Waals surface area (Å²) in [5.41, 5.74) is 0.113. The number of hydrogen-bond donors (Lipinski definition) is 0. The lowest BCUT2D eigenvalue weighted by atomic mass is 9.64. The molecule has 0 saturated carbocycles. The Kier molecular flexibility index (Phi) is 9.45. The van der Waals surface area contributed by atoms with Gasteiger partial charge in [0.1, 0.15) is 5.41 Å². The first-order chi connectivity index (χ1) is 18.0. The maximum atomic E-state index is 13.9. The highest BCUT2D eigenvalue weighted by atomic mass is 35.5. The second-order valence-electron chi connectivity index (χ2n) is 10.7. The summed E-state index contributed by atoms with van der Waals surface area (Å²) in [5.74, 6) is -0.939. The molecule has 0 bridgehead atoms. The Labute approximate surface area is 234 Å². The average Bonchev–Trinajstić information content (AvgIpc) is 3.18. The number of likely N-dealkylation sites (tertiary alicyclic amines) is 1. The van der Waals surface area contributed by atoms with E-state index in [1.54, 1.807) is 30.0 Å². The third-order valence-corrected chi connectivity index (χ3v) is 7.36. The van der Waals surface area contributed by atoms with Gasteiger partial charge in [-0.3, -0.25) is 14.5 Å². The molecule has 9 heteroatoms. The number of amides is 3. The van der Waals surface area contributed by atoms with Crippen LogP contribution in [0, 0.1) is 16.7 Å². The Morgan fingerprint density at radius 2 is 1.87 bits per heavy atom. The minimum Gasteiger partial charge on any atom is -0.466 e. The number of rotatable bonds is 8. The lowest BCUT2D eigenvalue weighted by Gasteiger charge is -2.39. The molecule has 3 rings (SSSR count). The van der Waals surface area contributed by atoms with Gasteiger partial charge in [0.2, 0.25) is 6.41 Å². The SMILES string of the molecule is CCOC(=O)CCN(C=O)C(=O)N1CC(c2cccc(Cl)c2)C(C#N)(c2ccc(Cl)cc2)C1CC(C)(C)C. The summed E-state index contributed by atoms with van der Waals surface area (Å²) in [5, 5.41) is 12.0. The highest BCUT2D eigenvalue weighted by Crippen LogP contribution is 2.52. The van der Waals surface area contributed by atoms with Crippen LogP contribution in [-0.4, -0.2) is 53.9 Å².